The van der Waals surface area contributed by atoms with Gasteiger partial charge >= 0.3 is 0 Å². The molecule has 0 aliphatic carbocycles. The van der Waals surface area contributed by atoms with E-state index < -0.39 is 6.29 Å². The van der Waals surface area contributed by atoms with E-state index in [1.165, 1.54) is 0 Å². The lowest BCUT2D eigenvalue weighted by Crippen LogP contribution is -2.38. The highest BCUT2D eigenvalue weighted by Gasteiger charge is 2.38. The van der Waals surface area contributed by atoms with Crippen LogP contribution in [0.25, 0.3) is 0 Å². The molecule has 1 atom stereocenters. The minimum absolute atomic E-state index is 0.0559. The molecule has 1 saturated heterocycles. The SMILES string of the molecule is CC(C)O[C@@H](O)C1(C)CSSC1. The average Bonchev–Trinajstić information content (AvgIpc) is 2.36. The molecular weight excluding hydrogens is 192 g/mol. The van der Waals surface area contributed by atoms with Crippen LogP contribution in [-0.4, -0.2) is 29.0 Å². The fourth-order valence-corrected chi connectivity index (χ4v) is 4.40. The van der Waals surface area contributed by atoms with Crippen molar-refractivity contribution in [2.75, 3.05) is 11.5 Å². The van der Waals surface area contributed by atoms with Gasteiger partial charge in [-0.2, -0.15) is 0 Å². The highest BCUT2D eigenvalue weighted by atomic mass is 33.1. The van der Waals surface area contributed by atoms with Crippen LogP contribution in [0.4, 0.5) is 0 Å². The molecule has 0 amide bonds. The van der Waals surface area contributed by atoms with Crippen LogP contribution < -0.4 is 0 Å². The number of ether oxygens (including phenoxy) is 1. The van der Waals surface area contributed by atoms with E-state index in [2.05, 4.69) is 6.92 Å². The molecule has 0 bridgehead atoms. The van der Waals surface area contributed by atoms with Crippen LogP contribution >= 0.6 is 21.6 Å². The lowest BCUT2D eigenvalue weighted by atomic mass is 9.95. The molecule has 0 aromatic heterocycles. The van der Waals surface area contributed by atoms with Crippen molar-refractivity contribution in [2.24, 2.45) is 5.41 Å². The molecular formula is C8H16O2S2. The minimum Gasteiger partial charge on any atom is -0.367 e. The third-order valence-electron chi connectivity index (χ3n) is 1.86. The molecule has 0 saturated carbocycles. The molecule has 12 heavy (non-hydrogen) atoms. The summed E-state index contributed by atoms with van der Waals surface area (Å²) in [6, 6.07) is 0. The van der Waals surface area contributed by atoms with Crippen molar-refractivity contribution in [2.45, 2.75) is 33.2 Å². The summed E-state index contributed by atoms with van der Waals surface area (Å²) >= 11 is 0. The summed E-state index contributed by atoms with van der Waals surface area (Å²) in [6.45, 7) is 5.97. The van der Waals surface area contributed by atoms with Crippen LogP contribution in [0.2, 0.25) is 0 Å². The normalized spacial score (nSPS) is 24.8. The highest BCUT2D eigenvalue weighted by Crippen LogP contribution is 2.45. The third kappa shape index (κ3) is 2.55. The second-order valence-corrected chi connectivity index (χ2v) is 6.18. The predicted octanol–water partition coefficient (Wildman–Crippen LogP) is 2.13. The Balaban J connectivity index is 2.44. The number of aliphatic hydroxyl groups is 1. The van der Waals surface area contributed by atoms with Crippen molar-refractivity contribution in [3.63, 3.8) is 0 Å². The van der Waals surface area contributed by atoms with Crippen LogP contribution in [0.1, 0.15) is 20.8 Å². The summed E-state index contributed by atoms with van der Waals surface area (Å²) in [5.41, 5.74) is -0.0559. The van der Waals surface area contributed by atoms with Gasteiger partial charge in [-0.1, -0.05) is 28.5 Å². The zero-order chi connectivity index (χ0) is 9.19. The van der Waals surface area contributed by atoms with Gasteiger partial charge in [0.1, 0.15) is 0 Å². The van der Waals surface area contributed by atoms with Crippen LogP contribution in [0.15, 0.2) is 0 Å². The lowest BCUT2D eigenvalue weighted by Gasteiger charge is -2.29. The van der Waals surface area contributed by atoms with Crippen molar-refractivity contribution in [1.29, 1.82) is 0 Å². The van der Waals surface area contributed by atoms with E-state index in [4.69, 9.17) is 4.74 Å². The maximum Gasteiger partial charge on any atom is 0.161 e. The van der Waals surface area contributed by atoms with Crippen LogP contribution in [0.5, 0.6) is 0 Å². The zero-order valence-corrected chi connectivity index (χ0v) is 9.37. The maximum atomic E-state index is 9.73. The highest BCUT2D eigenvalue weighted by molar-refractivity contribution is 8.77. The average molecular weight is 208 g/mol. The largest absolute Gasteiger partial charge is 0.367 e. The van der Waals surface area contributed by atoms with Crippen LogP contribution in [0, 0.1) is 5.41 Å². The first-order valence-electron chi connectivity index (χ1n) is 4.12. The monoisotopic (exact) mass is 208 g/mol. The Morgan fingerprint density at radius 3 is 2.25 bits per heavy atom. The Kier molecular flexibility index (Phi) is 3.76. The molecule has 1 heterocycles. The quantitative estimate of drug-likeness (QED) is 0.568. The summed E-state index contributed by atoms with van der Waals surface area (Å²) in [7, 11) is 3.63. The molecule has 1 rings (SSSR count). The van der Waals surface area contributed by atoms with Crippen molar-refractivity contribution < 1.29 is 9.84 Å². The van der Waals surface area contributed by atoms with Crippen molar-refractivity contribution in [3.05, 3.63) is 0 Å². The van der Waals surface area contributed by atoms with Gasteiger partial charge in [-0.3, -0.25) is 0 Å². The lowest BCUT2D eigenvalue weighted by molar-refractivity contribution is -0.175. The van der Waals surface area contributed by atoms with Gasteiger partial charge < -0.3 is 9.84 Å². The zero-order valence-electron chi connectivity index (χ0n) is 7.74. The van der Waals surface area contributed by atoms with E-state index in [0.717, 1.165) is 11.5 Å². The Bertz CT molecular complexity index is 144. The first-order chi connectivity index (χ1) is 5.54. The fourth-order valence-electron chi connectivity index (χ4n) is 0.959. The number of hydrogen-bond acceptors (Lipinski definition) is 4. The predicted molar refractivity (Wildman–Crippen MR) is 55.3 cm³/mol. The smallest absolute Gasteiger partial charge is 0.161 e. The standard InChI is InChI=1S/C8H16O2S2/c1-6(2)10-7(9)8(3)4-11-12-5-8/h6-7,9H,4-5H2,1-3H3/t7-/m1/s1. The Morgan fingerprint density at radius 1 is 1.33 bits per heavy atom. The molecule has 0 radical (unpaired) electrons. The summed E-state index contributed by atoms with van der Waals surface area (Å²) in [6.07, 6.45) is -0.507. The summed E-state index contributed by atoms with van der Waals surface area (Å²) in [5.74, 6) is 1.96. The molecule has 1 N–H and O–H groups in total. The van der Waals surface area contributed by atoms with Crippen molar-refractivity contribution in [3.8, 4) is 0 Å². The molecule has 0 unspecified atom stereocenters. The molecule has 72 valence electrons. The molecule has 1 aliphatic heterocycles. The Labute approximate surface area is 81.8 Å². The molecule has 4 heteroatoms. The molecule has 2 nitrogen and oxygen atoms in total. The second-order valence-electron chi connectivity index (χ2n) is 3.72. The molecule has 1 aliphatic rings. The fraction of sp³-hybridized carbons (Fsp3) is 1.00. The van der Waals surface area contributed by atoms with E-state index in [9.17, 15) is 5.11 Å². The van der Waals surface area contributed by atoms with Crippen molar-refractivity contribution in [1.82, 2.24) is 0 Å². The first kappa shape index (κ1) is 10.7. The number of rotatable bonds is 3. The number of aliphatic hydroxyl groups excluding tert-OH is 1. The Morgan fingerprint density at radius 2 is 1.83 bits per heavy atom. The van der Waals surface area contributed by atoms with Gasteiger partial charge in [0.25, 0.3) is 0 Å². The van der Waals surface area contributed by atoms with Crippen LogP contribution in [-0.2, 0) is 4.74 Å². The van der Waals surface area contributed by atoms with Crippen molar-refractivity contribution >= 4 is 21.6 Å². The van der Waals surface area contributed by atoms with E-state index in [0.29, 0.717) is 0 Å². The van der Waals surface area contributed by atoms with Gasteiger partial charge in [0, 0.05) is 16.9 Å². The van der Waals surface area contributed by atoms with Gasteiger partial charge in [-0.15, -0.1) is 0 Å². The summed E-state index contributed by atoms with van der Waals surface area (Å²) in [4.78, 5) is 0. The molecule has 1 fully saturated rings. The summed E-state index contributed by atoms with van der Waals surface area (Å²) < 4.78 is 5.37. The topological polar surface area (TPSA) is 29.5 Å². The first-order valence-corrected chi connectivity index (χ1v) is 6.61. The third-order valence-corrected chi connectivity index (χ3v) is 4.79. The molecule has 0 aromatic carbocycles. The van der Waals surface area contributed by atoms with Gasteiger partial charge in [0.05, 0.1) is 6.10 Å². The Hall–Kier alpha value is 0.620. The minimum atomic E-state index is -0.611. The maximum absolute atomic E-state index is 9.73. The van der Waals surface area contributed by atoms with Gasteiger partial charge in [0.15, 0.2) is 6.29 Å². The van der Waals surface area contributed by atoms with Crippen LogP contribution in [0.3, 0.4) is 0 Å². The van der Waals surface area contributed by atoms with E-state index in [-0.39, 0.29) is 11.5 Å². The van der Waals surface area contributed by atoms with E-state index in [1.807, 2.05) is 35.4 Å². The van der Waals surface area contributed by atoms with Gasteiger partial charge in [-0.05, 0) is 13.8 Å². The molecule has 0 aromatic rings. The van der Waals surface area contributed by atoms with E-state index in [1.54, 1.807) is 0 Å². The van der Waals surface area contributed by atoms with E-state index >= 15 is 0 Å². The van der Waals surface area contributed by atoms with Gasteiger partial charge in [-0.25, -0.2) is 0 Å². The number of hydrogen-bond donors (Lipinski definition) is 1. The van der Waals surface area contributed by atoms with Gasteiger partial charge in [0.2, 0.25) is 0 Å². The second kappa shape index (κ2) is 4.22. The molecule has 0 spiro atoms. The summed E-state index contributed by atoms with van der Waals surface area (Å²) in [5, 5.41) is 9.73.